The summed E-state index contributed by atoms with van der Waals surface area (Å²) in [4.78, 5) is 10.8. The van der Waals surface area contributed by atoms with E-state index in [9.17, 15) is 9.90 Å². The number of carbonyl (C=O) groups is 1. The second-order valence-electron chi connectivity index (χ2n) is 5.19. The summed E-state index contributed by atoms with van der Waals surface area (Å²) < 4.78 is 11.0. The number of phenols is 1. The number of benzene rings is 2. The summed E-state index contributed by atoms with van der Waals surface area (Å²) in [5, 5.41) is 9.85. The minimum atomic E-state index is 0.126. The summed E-state index contributed by atoms with van der Waals surface area (Å²) in [6.07, 6.45) is 3.78. The molecular formula is C20H16O4. The van der Waals surface area contributed by atoms with Gasteiger partial charge in [-0.1, -0.05) is 43.0 Å². The van der Waals surface area contributed by atoms with E-state index < -0.39 is 0 Å². The third kappa shape index (κ3) is 3.08. The van der Waals surface area contributed by atoms with Crippen molar-refractivity contribution >= 4 is 12.4 Å². The van der Waals surface area contributed by atoms with Crippen LogP contribution in [0, 0.1) is 0 Å². The molecule has 0 aliphatic carbocycles. The maximum absolute atomic E-state index is 10.8. The number of aromatic hydroxyl groups is 1. The first-order valence-corrected chi connectivity index (χ1v) is 7.42. The Morgan fingerprint density at radius 3 is 2.75 bits per heavy atom. The molecule has 1 aromatic heterocycles. The van der Waals surface area contributed by atoms with Crippen molar-refractivity contribution in [3.05, 3.63) is 78.3 Å². The van der Waals surface area contributed by atoms with Gasteiger partial charge < -0.3 is 14.3 Å². The Balaban J connectivity index is 1.88. The van der Waals surface area contributed by atoms with Crippen LogP contribution in [0.2, 0.25) is 0 Å². The molecule has 24 heavy (non-hydrogen) atoms. The molecule has 0 aliphatic rings. The van der Waals surface area contributed by atoms with E-state index in [1.54, 1.807) is 36.6 Å². The highest BCUT2D eigenvalue weighted by Crippen LogP contribution is 2.31. The quantitative estimate of drug-likeness (QED) is 0.670. The average Bonchev–Trinajstić information content (AvgIpc) is 3.09. The molecule has 1 heterocycles. The summed E-state index contributed by atoms with van der Waals surface area (Å²) in [5.74, 6) is 0.962. The molecular weight excluding hydrogens is 304 g/mol. The Hall–Kier alpha value is -3.27. The first-order valence-electron chi connectivity index (χ1n) is 7.42. The third-order valence-corrected chi connectivity index (χ3v) is 3.69. The number of furan rings is 1. The minimum Gasteiger partial charge on any atom is -0.507 e. The van der Waals surface area contributed by atoms with Crippen molar-refractivity contribution in [1.82, 2.24) is 0 Å². The first kappa shape index (κ1) is 15.6. The fourth-order valence-corrected chi connectivity index (χ4v) is 2.50. The van der Waals surface area contributed by atoms with Gasteiger partial charge in [-0.2, -0.15) is 0 Å². The smallest absolute Gasteiger partial charge is 0.185 e. The predicted octanol–water partition coefficient (Wildman–Crippen LogP) is 4.69. The van der Waals surface area contributed by atoms with Crippen molar-refractivity contribution in [2.24, 2.45) is 0 Å². The highest BCUT2D eigenvalue weighted by Gasteiger charge is 2.10. The Bertz CT molecular complexity index is 877. The summed E-state index contributed by atoms with van der Waals surface area (Å²) in [6, 6.07) is 14.5. The fraction of sp³-hybridized carbons (Fsp3) is 0.0500. The number of hydrogen-bond acceptors (Lipinski definition) is 4. The van der Waals surface area contributed by atoms with Crippen molar-refractivity contribution in [1.29, 1.82) is 0 Å². The molecule has 0 bridgehead atoms. The fourth-order valence-electron chi connectivity index (χ4n) is 2.50. The molecule has 1 N–H and O–H groups in total. The standard InChI is InChI=1S/C20H16O4/c1-2-17-19(22)8-5-9-20(17)24-12-14-6-3-4-7-18(14)15-10-16(11-21)23-13-15/h2-11,13,22H,1,12H2. The molecule has 0 atom stereocenters. The van der Waals surface area contributed by atoms with Gasteiger partial charge in [0.1, 0.15) is 18.1 Å². The highest BCUT2D eigenvalue weighted by atomic mass is 16.5. The lowest BCUT2D eigenvalue weighted by Crippen LogP contribution is -1.99. The van der Waals surface area contributed by atoms with Crippen LogP contribution in [-0.4, -0.2) is 11.4 Å². The van der Waals surface area contributed by atoms with Gasteiger partial charge in [-0.05, 0) is 29.3 Å². The second-order valence-corrected chi connectivity index (χ2v) is 5.19. The van der Waals surface area contributed by atoms with Crippen LogP contribution in [0.15, 0.2) is 65.8 Å². The van der Waals surface area contributed by atoms with Gasteiger partial charge in [-0.15, -0.1) is 0 Å². The van der Waals surface area contributed by atoms with Crippen molar-refractivity contribution < 1.29 is 19.1 Å². The van der Waals surface area contributed by atoms with Crippen molar-refractivity contribution in [2.75, 3.05) is 0 Å². The zero-order valence-corrected chi connectivity index (χ0v) is 12.9. The monoisotopic (exact) mass is 320 g/mol. The van der Waals surface area contributed by atoms with Gasteiger partial charge in [-0.3, -0.25) is 4.79 Å². The van der Waals surface area contributed by atoms with Crippen LogP contribution in [0.25, 0.3) is 17.2 Å². The van der Waals surface area contributed by atoms with Gasteiger partial charge in [0.25, 0.3) is 0 Å². The van der Waals surface area contributed by atoms with Crippen molar-refractivity contribution in [2.45, 2.75) is 6.61 Å². The Morgan fingerprint density at radius 1 is 1.17 bits per heavy atom. The molecule has 4 nitrogen and oxygen atoms in total. The van der Waals surface area contributed by atoms with Crippen LogP contribution in [0.4, 0.5) is 0 Å². The van der Waals surface area contributed by atoms with Gasteiger partial charge in [0.05, 0.1) is 11.8 Å². The van der Waals surface area contributed by atoms with Crippen molar-refractivity contribution in [3.8, 4) is 22.6 Å². The highest BCUT2D eigenvalue weighted by molar-refractivity contribution is 5.76. The van der Waals surface area contributed by atoms with E-state index in [-0.39, 0.29) is 11.5 Å². The Kier molecular flexibility index (Phi) is 4.47. The van der Waals surface area contributed by atoms with E-state index in [4.69, 9.17) is 9.15 Å². The Labute approximate surface area is 139 Å². The Morgan fingerprint density at radius 2 is 2.00 bits per heavy atom. The molecule has 0 saturated carbocycles. The SMILES string of the molecule is C=Cc1c(O)cccc1OCc1ccccc1-c1coc(C=O)c1. The first-order chi connectivity index (χ1) is 11.7. The van der Waals surface area contributed by atoms with E-state index in [0.29, 0.717) is 24.2 Å². The van der Waals surface area contributed by atoms with Crippen LogP contribution in [0.3, 0.4) is 0 Å². The van der Waals surface area contributed by atoms with E-state index in [2.05, 4.69) is 6.58 Å². The molecule has 0 amide bonds. The summed E-state index contributed by atoms with van der Waals surface area (Å²) in [5.41, 5.74) is 3.24. The van der Waals surface area contributed by atoms with E-state index in [1.165, 1.54) is 0 Å². The molecule has 0 unspecified atom stereocenters. The lowest BCUT2D eigenvalue weighted by molar-refractivity contribution is 0.110. The van der Waals surface area contributed by atoms with Crippen LogP contribution in [-0.2, 0) is 6.61 Å². The number of hydrogen-bond donors (Lipinski definition) is 1. The summed E-state index contributed by atoms with van der Waals surface area (Å²) in [6.45, 7) is 4.01. The number of ether oxygens (including phenoxy) is 1. The molecule has 3 rings (SSSR count). The molecule has 0 spiro atoms. The lowest BCUT2D eigenvalue weighted by Gasteiger charge is -2.12. The van der Waals surface area contributed by atoms with Gasteiger partial charge in [-0.25, -0.2) is 0 Å². The average molecular weight is 320 g/mol. The van der Waals surface area contributed by atoms with Crippen LogP contribution in [0.1, 0.15) is 21.7 Å². The molecule has 3 aromatic rings. The molecule has 0 fully saturated rings. The summed E-state index contributed by atoms with van der Waals surface area (Å²) >= 11 is 0. The molecule has 0 radical (unpaired) electrons. The zero-order valence-electron chi connectivity index (χ0n) is 12.9. The van der Waals surface area contributed by atoms with E-state index >= 15 is 0 Å². The molecule has 0 saturated heterocycles. The number of carbonyl (C=O) groups excluding carboxylic acids is 1. The topological polar surface area (TPSA) is 59.7 Å². The normalized spacial score (nSPS) is 10.3. The second kappa shape index (κ2) is 6.87. The third-order valence-electron chi connectivity index (χ3n) is 3.69. The predicted molar refractivity (Wildman–Crippen MR) is 92.1 cm³/mol. The number of rotatable bonds is 6. The van der Waals surface area contributed by atoms with Crippen LogP contribution in [0.5, 0.6) is 11.5 Å². The lowest BCUT2D eigenvalue weighted by atomic mass is 10.0. The minimum absolute atomic E-state index is 0.126. The van der Waals surface area contributed by atoms with E-state index in [0.717, 1.165) is 16.7 Å². The molecule has 4 heteroatoms. The number of aldehydes is 1. The maximum atomic E-state index is 10.8. The van der Waals surface area contributed by atoms with Gasteiger partial charge in [0.15, 0.2) is 12.0 Å². The van der Waals surface area contributed by atoms with Crippen LogP contribution >= 0.6 is 0 Å². The van der Waals surface area contributed by atoms with Gasteiger partial charge in [0.2, 0.25) is 0 Å². The van der Waals surface area contributed by atoms with Crippen LogP contribution < -0.4 is 4.74 Å². The zero-order chi connectivity index (χ0) is 16.9. The molecule has 0 aliphatic heterocycles. The van der Waals surface area contributed by atoms with Crippen molar-refractivity contribution in [3.63, 3.8) is 0 Å². The molecule has 120 valence electrons. The summed E-state index contributed by atoms with van der Waals surface area (Å²) in [7, 11) is 0. The maximum Gasteiger partial charge on any atom is 0.185 e. The largest absolute Gasteiger partial charge is 0.507 e. The van der Waals surface area contributed by atoms with Gasteiger partial charge in [0, 0.05) is 5.56 Å². The molecule has 2 aromatic carbocycles. The van der Waals surface area contributed by atoms with Gasteiger partial charge >= 0.3 is 0 Å². The van der Waals surface area contributed by atoms with E-state index in [1.807, 2.05) is 24.3 Å². The number of phenolic OH excluding ortho intramolecular Hbond substituents is 1.